The van der Waals surface area contributed by atoms with E-state index in [1.54, 1.807) is 0 Å². The van der Waals surface area contributed by atoms with Crippen molar-refractivity contribution in [2.45, 2.75) is 27.2 Å². The number of rotatable bonds is 0. The maximum absolute atomic E-state index is 2.99. The molecule has 1 rings (SSSR count). The van der Waals surface area contributed by atoms with Gasteiger partial charge in [-0.05, 0) is 0 Å². The zero-order valence-electron chi connectivity index (χ0n) is 6.77. The molecule has 0 amide bonds. The van der Waals surface area contributed by atoms with Crippen LogP contribution in [-0.2, 0) is 16.8 Å². The molecule has 0 aromatic rings. The number of hydrogen-bond donors (Lipinski definition) is 0. The third-order valence-electron chi connectivity index (χ3n) is 0.586. The molecule has 0 aromatic heterocycles. The second-order valence-electron chi connectivity index (χ2n) is 2.50. The van der Waals surface area contributed by atoms with Crippen LogP contribution in [0.15, 0.2) is 18.2 Å². The van der Waals surface area contributed by atoms with E-state index in [4.69, 9.17) is 0 Å². The summed E-state index contributed by atoms with van der Waals surface area (Å²) in [6, 6.07) is 0. The van der Waals surface area contributed by atoms with E-state index in [0.29, 0.717) is 0 Å². The van der Waals surface area contributed by atoms with Crippen LogP contribution in [0.25, 0.3) is 0 Å². The standard InChI is InChI=1S/C5H5.C4H9.Co/c1-2-4-5-3-1;1-4(2)3;/h1-3H,4H2;1-3H3;/q2*-1;+2. The largest absolute Gasteiger partial charge is 2.00 e. The van der Waals surface area contributed by atoms with Gasteiger partial charge in [-0.2, -0.15) is 26.8 Å². The normalized spacial score (nSPS) is 12.4. The molecule has 1 aliphatic rings. The Morgan fingerprint density at radius 1 is 1.30 bits per heavy atom. The van der Waals surface area contributed by atoms with Gasteiger partial charge in [-0.15, -0.1) is 6.42 Å². The second-order valence-corrected chi connectivity index (χ2v) is 2.50. The van der Waals surface area contributed by atoms with Crippen LogP contribution < -0.4 is 0 Å². The van der Waals surface area contributed by atoms with Crippen molar-refractivity contribution < 1.29 is 16.8 Å². The van der Waals surface area contributed by atoms with Gasteiger partial charge in [0, 0.05) is 0 Å². The Hall–Kier alpha value is -0.0135. The fourth-order valence-electron chi connectivity index (χ4n) is 0.340. The van der Waals surface area contributed by atoms with Crippen LogP contribution in [0.2, 0.25) is 0 Å². The quantitative estimate of drug-likeness (QED) is 0.504. The Morgan fingerprint density at radius 3 is 1.90 bits per heavy atom. The molecule has 0 aromatic carbocycles. The molecule has 0 aliphatic heterocycles. The van der Waals surface area contributed by atoms with Crippen molar-refractivity contribution in [2.24, 2.45) is 0 Å². The summed E-state index contributed by atoms with van der Waals surface area (Å²) in [5.74, 6) is 1.42. The van der Waals surface area contributed by atoms with Crippen LogP contribution in [-0.4, -0.2) is 0 Å². The van der Waals surface area contributed by atoms with Crippen LogP contribution in [0.1, 0.15) is 27.2 Å². The van der Waals surface area contributed by atoms with Crippen molar-refractivity contribution in [3.05, 3.63) is 30.2 Å². The third kappa shape index (κ3) is 15.7. The summed E-state index contributed by atoms with van der Waals surface area (Å²) >= 11 is 0. The minimum absolute atomic E-state index is 0. The average Bonchev–Trinajstić information content (AvgIpc) is 2.11. The number of hydrogen-bond acceptors (Lipinski definition) is 0. The minimum atomic E-state index is 0. The summed E-state index contributed by atoms with van der Waals surface area (Å²) < 4.78 is 0. The summed E-state index contributed by atoms with van der Waals surface area (Å²) in [6.07, 6.45) is 10.0. The van der Waals surface area contributed by atoms with Crippen LogP contribution in [0.4, 0.5) is 0 Å². The zero-order chi connectivity index (χ0) is 7.11. The molecule has 0 heterocycles. The van der Waals surface area contributed by atoms with Crippen molar-refractivity contribution in [3.63, 3.8) is 0 Å². The molecular weight excluding hydrogens is 167 g/mol. The first-order valence-corrected chi connectivity index (χ1v) is 3.22. The van der Waals surface area contributed by atoms with E-state index in [1.807, 2.05) is 12.2 Å². The van der Waals surface area contributed by atoms with Gasteiger partial charge in [0.25, 0.3) is 0 Å². The van der Waals surface area contributed by atoms with Crippen LogP contribution in [0.3, 0.4) is 0 Å². The van der Waals surface area contributed by atoms with Gasteiger partial charge < -0.3 is 5.92 Å². The molecule has 1 radical (unpaired) electrons. The SMILES string of the molecule is C[C-](C)C.[C-]1=CC=CC1.[Co+2]. The molecule has 0 saturated carbocycles. The molecule has 0 spiro atoms. The van der Waals surface area contributed by atoms with Gasteiger partial charge in [0.15, 0.2) is 0 Å². The monoisotopic (exact) mass is 181 g/mol. The molecule has 0 N–H and O–H groups in total. The number of allylic oxidation sites excluding steroid dienone is 4. The molecule has 0 bridgehead atoms. The summed E-state index contributed by atoms with van der Waals surface area (Å²) in [5.41, 5.74) is 0. The fourth-order valence-corrected chi connectivity index (χ4v) is 0.340. The Labute approximate surface area is 74.6 Å². The van der Waals surface area contributed by atoms with E-state index >= 15 is 0 Å². The van der Waals surface area contributed by atoms with Crippen molar-refractivity contribution in [1.29, 1.82) is 0 Å². The summed E-state index contributed by atoms with van der Waals surface area (Å²) in [5, 5.41) is 0. The van der Waals surface area contributed by atoms with Crippen molar-refractivity contribution in [1.82, 2.24) is 0 Å². The smallest absolute Gasteiger partial charge is 0.323 e. The first-order valence-electron chi connectivity index (χ1n) is 3.22. The molecule has 0 unspecified atom stereocenters. The van der Waals surface area contributed by atoms with Gasteiger partial charge in [0.1, 0.15) is 0 Å². The molecular formula is C9H14Co. The first-order chi connectivity index (χ1) is 4.23. The third-order valence-corrected chi connectivity index (χ3v) is 0.586. The van der Waals surface area contributed by atoms with E-state index in [1.165, 1.54) is 5.92 Å². The molecule has 0 saturated heterocycles. The maximum Gasteiger partial charge on any atom is 2.00 e. The Kier molecular flexibility index (Phi) is 11.4. The van der Waals surface area contributed by atoms with Crippen molar-refractivity contribution >= 4 is 0 Å². The summed E-state index contributed by atoms with van der Waals surface area (Å²) in [7, 11) is 0. The summed E-state index contributed by atoms with van der Waals surface area (Å²) in [4.78, 5) is 0. The van der Waals surface area contributed by atoms with Crippen molar-refractivity contribution in [3.8, 4) is 0 Å². The Balaban J connectivity index is 0. The van der Waals surface area contributed by atoms with E-state index in [-0.39, 0.29) is 16.8 Å². The van der Waals surface area contributed by atoms with E-state index in [2.05, 4.69) is 32.9 Å². The van der Waals surface area contributed by atoms with Gasteiger partial charge in [0.05, 0.1) is 0 Å². The van der Waals surface area contributed by atoms with Gasteiger partial charge in [-0.1, -0.05) is 0 Å². The van der Waals surface area contributed by atoms with Gasteiger partial charge >= 0.3 is 16.8 Å². The van der Waals surface area contributed by atoms with E-state index in [9.17, 15) is 0 Å². The van der Waals surface area contributed by atoms with Crippen LogP contribution in [0, 0.1) is 12.0 Å². The predicted molar refractivity (Wildman–Crippen MR) is 41.8 cm³/mol. The van der Waals surface area contributed by atoms with Crippen LogP contribution >= 0.6 is 0 Å². The average molecular weight is 181 g/mol. The summed E-state index contributed by atoms with van der Waals surface area (Å²) in [6.45, 7) is 6.25. The fraction of sp³-hybridized carbons (Fsp3) is 0.444. The van der Waals surface area contributed by atoms with E-state index < -0.39 is 0 Å². The minimum Gasteiger partial charge on any atom is -0.323 e. The molecule has 1 aliphatic carbocycles. The maximum atomic E-state index is 2.99. The topological polar surface area (TPSA) is 0 Å². The molecule has 0 fully saturated rings. The van der Waals surface area contributed by atoms with Crippen LogP contribution in [0.5, 0.6) is 0 Å². The van der Waals surface area contributed by atoms with E-state index in [0.717, 1.165) is 6.42 Å². The molecule has 0 nitrogen and oxygen atoms in total. The molecule has 59 valence electrons. The van der Waals surface area contributed by atoms with Crippen molar-refractivity contribution in [2.75, 3.05) is 0 Å². The second kappa shape index (κ2) is 8.99. The Bertz CT molecular complexity index is 88.5. The Morgan fingerprint density at radius 2 is 1.80 bits per heavy atom. The molecule has 1 heteroatoms. The van der Waals surface area contributed by atoms with Gasteiger partial charge in [-0.3, -0.25) is 6.08 Å². The first kappa shape index (κ1) is 12.6. The zero-order valence-corrected chi connectivity index (χ0v) is 7.81. The van der Waals surface area contributed by atoms with Gasteiger partial charge in [-0.25, -0.2) is 12.2 Å². The molecule has 10 heavy (non-hydrogen) atoms. The predicted octanol–water partition coefficient (Wildman–Crippen LogP) is 2.92. The molecule has 0 atom stereocenters. The van der Waals surface area contributed by atoms with Gasteiger partial charge in [0.2, 0.25) is 0 Å².